The quantitative estimate of drug-likeness (QED) is 0.683. The summed E-state index contributed by atoms with van der Waals surface area (Å²) in [6.45, 7) is 1.68. The zero-order chi connectivity index (χ0) is 19.6. The summed E-state index contributed by atoms with van der Waals surface area (Å²) >= 11 is 0. The van der Waals surface area contributed by atoms with E-state index in [1.165, 1.54) is 20.3 Å². The average Bonchev–Trinajstić information content (AvgIpc) is 2.71. The number of carbonyl (C=O) groups is 2. The summed E-state index contributed by atoms with van der Waals surface area (Å²) in [6, 6.07) is 14.4. The van der Waals surface area contributed by atoms with Gasteiger partial charge >= 0.3 is 5.97 Å². The first-order valence-corrected chi connectivity index (χ1v) is 8.82. The second-order valence-electron chi connectivity index (χ2n) is 5.96. The highest BCUT2D eigenvalue weighted by Crippen LogP contribution is 2.24. The van der Waals surface area contributed by atoms with Gasteiger partial charge in [0.1, 0.15) is 17.1 Å². The largest absolute Gasteiger partial charge is 0.497 e. The van der Waals surface area contributed by atoms with Crippen molar-refractivity contribution in [3.63, 3.8) is 0 Å². The fraction of sp³-hybridized carbons (Fsp3) is 0.333. The van der Waals surface area contributed by atoms with E-state index in [-0.39, 0.29) is 24.1 Å². The van der Waals surface area contributed by atoms with Crippen molar-refractivity contribution in [2.75, 3.05) is 20.8 Å². The number of ether oxygens (including phenoxy) is 3. The molecule has 0 radical (unpaired) electrons. The van der Waals surface area contributed by atoms with Gasteiger partial charge in [0, 0.05) is 0 Å². The Morgan fingerprint density at radius 3 is 2.41 bits per heavy atom. The second kappa shape index (κ2) is 10.2. The molecule has 2 rings (SSSR count). The smallest absolute Gasteiger partial charge is 0.342 e. The standard InChI is InChI=1S/C21H25NO5/c1-4-8-18(15-9-6-5-7-10-15)22-20(23)14-27-21(24)17-13-16(25-2)11-12-19(17)26-3/h5-7,9-13,18H,4,8,14H2,1-3H3,(H,22,23)/t18-/m1/s1. The van der Waals surface area contributed by atoms with E-state index in [0.29, 0.717) is 11.5 Å². The third-order valence-electron chi connectivity index (χ3n) is 4.08. The zero-order valence-electron chi connectivity index (χ0n) is 15.9. The van der Waals surface area contributed by atoms with Crippen molar-refractivity contribution in [2.24, 2.45) is 0 Å². The van der Waals surface area contributed by atoms with Crippen LogP contribution in [0.3, 0.4) is 0 Å². The fourth-order valence-electron chi connectivity index (χ4n) is 2.71. The molecular weight excluding hydrogens is 346 g/mol. The number of nitrogens with one attached hydrogen (secondary N) is 1. The van der Waals surface area contributed by atoms with E-state index in [9.17, 15) is 9.59 Å². The minimum atomic E-state index is -0.646. The fourth-order valence-corrected chi connectivity index (χ4v) is 2.71. The maximum Gasteiger partial charge on any atom is 0.342 e. The molecule has 27 heavy (non-hydrogen) atoms. The SMILES string of the molecule is CCC[C@@H](NC(=O)COC(=O)c1cc(OC)ccc1OC)c1ccccc1. The van der Waals surface area contributed by atoms with Crippen molar-refractivity contribution < 1.29 is 23.8 Å². The Labute approximate surface area is 159 Å². The minimum absolute atomic E-state index is 0.117. The highest BCUT2D eigenvalue weighted by Gasteiger charge is 2.18. The summed E-state index contributed by atoms with van der Waals surface area (Å²) in [4.78, 5) is 24.6. The normalized spacial score (nSPS) is 11.4. The predicted octanol–water partition coefficient (Wildman–Crippen LogP) is 3.52. The summed E-state index contributed by atoms with van der Waals surface area (Å²) in [5.74, 6) is -0.145. The van der Waals surface area contributed by atoms with Crippen molar-refractivity contribution in [1.82, 2.24) is 5.32 Å². The molecule has 2 aromatic rings. The molecule has 1 atom stereocenters. The van der Waals surface area contributed by atoms with E-state index in [2.05, 4.69) is 12.2 Å². The lowest BCUT2D eigenvalue weighted by molar-refractivity contribution is -0.125. The number of hydrogen-bond donors (Lipinski definition) is 1. The number of rotatable bonds is 9. The molecule has 0 heterocycles. The molecule has 0 unspecified atom stereocenters. The van der Waals surface area contributed by atoms with Crippen LogP contribution in [0, 0.1) is 0 Å². The van der Waals surface area contributed by atoms with Crippen molar-refractivity contribution >= 4 is 11.9 Å². The molecule has 0 aliphatic heterocycles. The third-order valence-corrected chi connectivity index (χ3v) is 4.08. The summed E-state index contributed by atoms with van der Waals surface area (Å²) in [7, 11) is 2.96. The van der Waals surface area contributed by atoms with Gasteiger partial charge in [-0.3, -0.25) is 4.79 Å². The van der Waals surface area contributed by atoms with Gasteiger partial charge in [0.25, 0.3) is 5.91 Å². The van der Waals surface area contributed by atoms with Crippen LogP contribution in [-0.4, -0.2) is 32.7 Å². The average molecular weight is 371 g/mol. The van der Waals surface area contributed by atoms with Gasteiger partial charge in [0.05, 0.1) is 20.3 Å². The number of benzene rings is 2. The lowest BCUT2D eigenvalue weighted by Gasteiger charge is -2.18. The van der Waals surface area contributed by atoms with Gasteiger partial charge in [0.15, 0.2) is 6.61 Å². The number of esters is 1. The van der Waals surface area contributed by atoms with Crippen LogP contribution in [0.1, 0.15) is 41.7 Å². The first kappa shape index (κ1) is 20.3. The molecule has 0 saturated heterocycles. The summed E-state index contributed by atoms with van der Waals surface area (Å²) in [5, 5.41) is 2.92. The molecule has 0 saturated carbocycles. The van der Waals surface area contributed by atoms with Crippen molar-refractivity contribution in [3.8, 4) is 11.5 Å². The Kier molecular flexibility index (Phi) is 7.67. The Bertz CT molecular complexity index is 760. The van der Waals surface area contributed by atoms with Gasteiger partial charge in [0.2, 0.25) is 0 Å². The van der Waals surface area contributed by atoms with Crippen LogP contribution < -0.4 is 14.8 Å². The highest BCUT2D eigenvalue weighted by atomic mass is 16.5. The van der Waals surface area contributed by atoms with Gasteiger partial charge < -0.3 is 19.5 Å². The number of methoxy groups -OCH3 is 2. The van der Waals surface area contributed by atoms with Crippen molar-refractivity contribution in [2.45, 2.75) is 25.8 Å². The summed E-state index contributed by atoms with van der Waals surface area (Å²) < 4.78 is 15.4. The lowest BCUT2D eigenvalue weighted by atomic mass is 10.0. The van der Waals surface area contributed by atoms with Gasteiger partial charge in [-0.2, -0.15) is 0 Å². The van der Waals surface area contributed by atoms with Crippen LogP contribution in [0.2, 0.25) is 0 Å². The van der Waals surface area contributed by atoms with Crippen molar-refractivity contribution in [3.05, 3.63) is 59.7 Å². The van der Waals surface area contributed by atoms with E-state index >= 15 is 0 Å². The molecular formula is C21H25NO5. The van der Waals surface area contributed by atoms with E-state index in [4.69, 9.17) is 14.2 Å². The highest BCUT2D eigenvalue weighted by molar-refractivity contribution is 5.94. The first-order chi connectivity index (χ1) is 13.1. The molecule has 0 aliphatic rings. The van der Waals surface area contributed by atoms with Gasteiger partial charge in [-0.25, -0.2) is 4.79 Å². The van der Waals surface area contributed by atoms with Gasteiger partial charge in [-0.05, 0) is 30.2 Å². The Hall–Kier alpha value is -3.02. The Morgan fingerprint density at radius 1 is 1.04 bits per heavy atom. The van der Waals surface area contributed by atoms with Crippen LogP contribution in [-0.2, 0) is 9.53 Å². The van der Waals surface area contributed by atoms with E-state index in [0.717, 1.165) is 18.4 Å². The molecule has 0 aromatic heterocycles. The molecule has 0 aliphatic carbocycles. The van der Waals surface area contributed by atoms with Crippen LogP contribution in [0.5, 0.6) is 11.5 Å². The van der Waals surface area contributed by atoms with Gasteiger partial charge in [-0.1, -0.05) is 43.7 Å². The molecule has 1 N–H and O–H groups in total. The Balaban J connectivity index is 1.99. The van der Waals surface area contributed by atoms with E-state index in [1.54, 1.807) is 12.1 Å². The van der Waals surface area contributed by atoms with E-state index < -0.39 is 5.97 Å². The first-order valence-electron chi connectivity index (χ1n) is 8.82. The molecule has 6 heteroatoms. The number of carbonyl (C=O) groups excluding carboxylic acids is 2. The molecule has 144 valence electrons. The van der Waals surface area contributed by atoms with Crippen LogP contribution in [0.25, 0.3) is 0 Å². The zero-order valence-corrected chi connectivity index (χ0v) is 15.9. The summed E-state index contributed by atoms with van der Waals surface area (Å²) in [5.41, 5.74) is 1.23. The Morgan fingerprint density at radius 2 is 1.78 bits per heavy atom. The molecule has 2 aromatic carbocycles. The summed E-state index contributed by atoms with van der Waals surface area (Å²) in [6.07, 6.45) is 1.72. The van der Waals surface area contributed by atoms with E-state index in [1.807, 2.05) is 30.3 Å². The van der Waals surface area contributed by atoms with Crippen LogP contribution in [0.15, 0.2) is 48.5 Å². The minimum Gasteiger partial charge on any atom is -0.497 e. The topological polar surface area (TPSA) is 73.9 Å². The predicted molar refractivity (Wildman–Crippen MR) is 102 cm³/mol. The number of amides is 1. The van der Waals surface area contributed by atoms with Crippen LogP contribution in [0.4, 0.5) is 0 Å². The van der Waals surface area contributed by atoms with Crippen molar-refractivity contribution in [1.29, 1.82) is 0 Å². The molecule has 0 bridgehead atoms. The second-order valence-corrected chi connectivity index (χ2v) is 5.96. The molecule has 0 spiro atoms. The lowest BCUT2D eigenvalue weighted by Crippen LogP contribution is -2.32. The molecule has 1 amide bonds. The monoisotopic (exact) mass is 371 g/mol. The van der Waals surface area contributed by atoms with Crippen LogP contribution >= 0.6 is 0 Å². The molecule has 0 fully saturated rings. The van der Waals surface area contributed by atoms with Gasteiger partial charge in [-0.15, -0.1) is 0 Å². The molecule has 6 nitrogen and oxygen atoms in total. The maximum absolute atomic E-state index is 12.3. The third kappa shape index (κ3) is 5.74. The maximum atomic E-state index is 12.3. The number of hydrogen-bond acceptors (Lipinski definition) is 5.